The van der Waals surface area contributed by atoms with E-state index in [1.165, 1.54) is 14.2 Å². The van der Waals surface area contributed by atoms with Crippen LogP contribution in [0.2, 0.25) is 0 Å². The molecule has 0 spiro atoms. The van der Waals surface area contributed by atoms with Gasteiger partial charge in [-0.2, -0.15) is 0 Å². The van der Waals surface area contributed by atoms with Gasteiger partial charge in [-0.25, -0.2) is 0 Å². The zero-order valence-electron chi connectivity index (χ0n) is 11.4. The molecule has 0 aliphatic heterocycles. The standard InChI is InChI=1S/C11H21N3O4/c1-11(2,3)10(17)14-6(8(12)15)7(18-5)9(16)13-4/h6-7H,1-5H3,(H2,12,15)(H,13,16)(H,14,17). The second kappa shape index (κ2) is 6.34. The van der Waals surface area contributed by atoms with Crippen molar-refractivity contribution in [3.63, 3.8) is 0 Å². The minimum Gasteiger partial charge on any atom is -0.369 e. The summed E-state index contributed by atoms with van der Waals surface area (Å²) in [6.07, 6.45) is -1.15. The predicted molar refractivity (Wildman–Crippen MR) is 65.4 cm³/mol. The number of likely N-dealkylation sites (N-methyl/N-ethyl adjacent to an activating group) is 1. The van der Waals surface area contributed by atoms with Crippen LogP contribution in [0.1, 0.15) is 20.8 Å². The van der Waals surface area contributed by atoms with Crippen molar-refractivity contribution in [2.24, 2.45) is 11.1 Å². The van der Waals surface area contributed by atoms with Crippen LogP contribution < -0.4 is 16.4 Å². The molecule has 18 heavy (non-hydrogen) atoms. The first-order valence-electron chi connectivity index (χ1n) is 5.49. The Balaban J connectivity index is 5.02. The molecule has 0 aliphatic rings. The van der Waals surface area contributed by atoms with Crippen LogP contribution >= 0.6 is 0 Å². The summed E-state index contributed by atoms with van der Waals surface area (Å²) in [5.74, 6) is -1.75. The molecule has 104 valence electrons. The van der Waals surface area contributed by atoms with E-state index in [0.717, 1.165) is 0 Å². The van der Waals surface area contributed by atoms with Gasteiger partial charge >= 0.3 is 0 Å². The SMILES string of the molecule is CNC(=O)C(OC)C(NC(=O)C(C)(C)C)C(N)=O. The predicted octanol–water partition coefficient (Wildman–Crippen LogP) is -1.24. The van der Waals surface area contributed by atoms with Gasteiger partial charge in [-0.15, -0.1) is 0 Å². The van der Waals surface area contributed by atoms with E-state index in [4.69, 9.17) is 10.5 Å². The Morgan fingerprint density at radius 2 is 1.72 bits per heavy atom. The van der Waals surface area contributed by atoms with E-state index in [0.29, 0.717) is 0 Å². The van der Waals surface area contributed by atoms with E-state index in [-0.39, 0.29) is 0 Å². The summed E-state index contributed by atoms with van der Waals surface area (Å²) < 4.78 is 4.91. The minimum atomic E-state index is -1.21. The van der Waals surface area contributed by atoms with Crippen molar-refractivity contribution < 1.29 is 19.1 Å². The maximum Gasteiger partial charge on any atom is 0.251 e. The summed E-state index contributed by atoms with van der Waals surface area (Å²) in [5.41, 5.74) is 4.48. The molecule has 0 heterocycles. The van der Waals surface area contributed by atoms with Crippen LogP contribution in [0.4, 0.5) is 0 Å². The fraction of sp³-hybridized carbons (Fsp3) is 0.727. The first-order chi connectivity index (χ1) is 8.15. The molecule has 0 aliphatic carbocycles. The molecule has 4 N–H and O–H groups in total. The number of ether oxygens (including phenoxy) is 1. The van der Waals surface area contributed by atoms with Crippen LogP contribution in [0.3, 0.4) is 0 Å². The summed E-state index contributed by atoms with van der Waals surface area (Å²) in [5, 5.41) is 4.76. The van der Waals surface area contributed by atoms with Gasteiger partial charge in [0.2, 0.25) is 11.8 Å². The van der Waals surface area contributed by atoms with Gasteiger partial charge in [0.15, 0.2) is 6.10 Å². The highest BCUT2D eigenvalue weighted by Gasteiger charge is 2.35. The number of nitrogens with two attached hydrogens (primary N) is 1. The Bertz CT molecular complexity index is 336. The molecule has 0 radical (unpaired) electrons. The topological polar surface area (TPSA) is 111 Å². The summed E-state index contributed by atoms with van der Waals surface area (Å²) >= 11 is 0. The fourth-order valence-corrected chi connectivity index (χ4v) is 1.19. The van der Waals surface area contributed by atoms with E-state index < -0.39 is 35.3 Å². The van der Waals surface area contributed by atoms with E-state index in [1.54, 1.807) is 20.8 Å². The van der Waals surface area contributed by atoms with Gasteiger partial charge in [0.1, 0.15) is 6.04 Å². The second-order valence-corrected chi connectivity index (χ2v) is 4.87. The minimum absolute atomic E-state index is 0.391. The lowest BCUT2D eigenvalue weighted by atomic mass is 9.94. The number of rotatable bonds is 5. The number of primary amides is 1. The molecular weight excluding hydrogens is 238 g/mol. The summed E-state index contributed by atoms with van der Waals surface area (Å²) in [6.45, 7) is 5.05. The van der Waals surface area contributed by atoms with Crippen LogP contribution in [0.25, 0.3) is 0 Å². The van der Waals surface area contributed by atoms with Gasteiger partial charge in [-0.05, 0) is 0 Å². The van der Waals surface area contributed by atoms with Crippen LogP contribution in [-0.4, -0.2) is 44.0 Å². The first-order valence-corrected chi connectivity index (χ1v) is 5.49. The lowest BCUT2D eigenvalue weighted by molar-refractivity contribution is -0.141. The molecule has 0 saturated heterocycles. The monoisotopic (exact) mass is 259 g/mol. The molecule has 0 aromatic carbocycles. The maximum atomic E-state index is 11.8. The molecule has 0 saturated carbocycles. The Hall–Kier alpha value is -1.63. The zero-order valence-corrected chi connectivity index (χ0v) is 11.4. The molecule has 0 aromatic heterocycles. The van der Waals surface area contributed by atoms with Crippen molar-refractivity contribution in [3.8, 4) is 0 Å². The largest absolute Gasteiger partial charge is 0.369 e. The molecular formula is C11H21N3O4. The van der Waals surface area contributed by atoms with Crippen LogP contribution in [0, 0.1) is 5.41 Å². The number of amides is 3. The summed E-state index contributed by atoms with van der Waals surface area (Å²) in [4.78, 5) is 34.7. The van der Waals surface area contributed by atoms with Gasteiger partial charge in [-0.1, -0.05) is 20.8 Å². The third-order valence-corrected chi connectivity index (χ3v) is 2.34. The smallest absolute Gasteiger partial charge is 0.251 e. The zero-order chi connectivity index (χ0) is 14.5. The molecule has 3 amide bonds. The van der Waals surface area contributed by atoms with E-state index in [9.17, 15) is 14.4 Å². The lowest BCUT2D eigenvalue weighted by Crippen LogP contribution is -2.58. The number of hydrogen-bond acceptors (Lipinski definition) is 4. The number of methoxy groups -OCH3 is 1. The van der Waals surface area contributed by atoms with E-state index >= 15 is 0 Å². The average molecular weight is 259 g/mol. The maximum absolute atomic E-state index is 11.8. The van der Waals surface area contributed by atoms with Crippen LogP contribution in [0.15, 0.2) is 0 Å². The van der Waals surface area contributed by atoms with Gasteiger partial charge < -0.3 is 21.1 Å². The number of carbonyl (C=O) groups is 3. The molecule has 2 unspecified atom stereocenters. The van der Waals surface area contributed by atoms with E-state index in [1.807, 2.05) is 0 Å². The van der Waals surface area contributed by atoms with Gasteiger partial charge in [0, 0.05) is 19.6 Å². The van der Waals surface area contributed by atoms with Gasteiger partial charge in [-0.3, -0.25) is 14.4 Å². The van der Waals surface area contributed by atoms with Crippen molar-refractivity contribution in [1.82, 2.24) is 10.6 Å². The Morgan fingerprint density at radius 1 is 1.22 bits per heavy atom. The fourth-order valence-electron chi connectivity index (χ4n) is 1.19. The number of carbonyl (C=O) groups excluding carboxylic acids is 3. The highest BCUT2D eigenvalue weighted by atomic mass is 16.5. The molecule has 0 bridgehead atoms. The number of nitrogens with one attached hydrogen (secondary N) is 2. The van der Waals surface area contributed by atoms with Crippen LogP contribution in [0.5, 0.6) is 0 Å². The normalized spacial score (nSPS) is 14.5. The average Bonchev–Trinajstić information content (AvgIpc) is 2.26. The molecule has 0 aromatic rings. The van der Waals surface area contributed by atoms with Gasteiger partial charge in [0.05, 0.1) is 0 Å². The third-order valence-electron chi connectivity index (χ3n) is 2.34. The second-order valence-electron chi connectivity index (χ2n) is 4.87. The first kappa shape index (κ1) is 16.4. The Morgan fingerprint density at radius 3 is 2.00 bits per heavy atom. The molecule has 0 fully saturated rings. The van der Waals surface area contributed by atoms with Crippen molar-refractivity contribution in [2.75, 3.05) is 14.2 Å². The summed E-state index contributed by atoms with van der Waals surface area (Å²) in [7, 11) is 2.66. The highest BCUT2D eigenvalue weighted by molar-refractivity contribution is 5.94. The van der Waals surface area contributed by atoms with E-state index in [2.05, 4.69) is 10.6 Å². The Kier molecular flexibility index (Phi) is 5.77. The van der Waals surface area contributed by atoms with Crippen LogP contribution in [-0.2, 0) is 19.1 Å². The van der Waals surface area contributed by atoms with Gasteiger partial charge in [0.25, 0.3) is 5.91 Å². The molecule has 7 heteroatoms. The quantitative estimate of drug-likeness (QED) is 0.573. The van der Waals surface area contributed by atoms with Crippen molar-refractivity contribution in [2.45, 2.75) is 32.9 Å². The molecule has 0 rings (SSSR count). The van der Waals surface area contributed by atoms with Crippen molar-refractivity contribution in [1.29, 1.82) is 0 Å². The number of hydrogen-bond donors (Lipinski definition) is 3. The molecule has 2 atom stereocenters. The summed E-state index contributed by atoms with van der Waals surface area (Å²) in [6, 6.07) is -1.21. The van der Waals surface area contributed by atoms with Crippen molar-refractivity contribution >= 4 is 17.7 Å². The van der Waals surface area contributed by atoms with Crippen molar-refractivity contribution in [3.05, 3.63) is 0 Å². The third kappa shape index (κ3) is 4.33. The highest BCUT2D eigenvalue weighted by Crippen LogP contribution is 2.13. The Labute approximate surface area is 106 Å². The molecule has 7 nitrogen and oxygen atoms in total. The lowest BCUT2D eigenvalue weighted by Gasteiger charge is -2.26.